The number of carbonyl (C=O) groups is 1. The molecule has 0 unspecified atom stereocenters. The summed E-state index contributed by atoms with van der Waals surface area (Å²) in [4.78, 5) is 15.9. The zero-order valence-electron chi connectivity index (χ0n) is 9.96. The van der Waals surface area contributed by atoms with Gasteiger partial charge in [-0.3, -0.25) is 5.32 Å². The standard InChI is InChI=1S/C14H11N3O2/c18-13(15-10-6-2-1-3-7-10)17-14-16-11-8-4-5-9-12(11)19-14/h1-9H,(H2,15,16,17,18). The molecule has 19 heavy (non-hydrogen) atoms. The van der Waals surface area contributed by atoms with E-state index in [1.807, 2.05) is 36.4 Å². The van der Waals surface area contributed by atoms with Gasteiger partial charge in [-0.15, -0.1) is 0 Å². The number of urea groups is 1. The molecule has 5 heteroatoms. The first kappa shape index (κ1) is 11.3. The van der Waals surface area contributed by atoms with Gasteiger partial charge in [-0.1, -0.05) is 30.3 Å². The predicted molar refractivity (Wildman–Crippen MR) is 73.1 cm³/mol. The van der Waals surface area contributed by atoms with Crippen molar-refractivity contribution < 1.29 is 9.21 Å². The van der Waals surface area contributed by atoms with Crippen LogP contribution in [0.4, 0.5) is 16.5 Å². The number of benzene rings is 2. The van der Waals surface area contributed by atoms with Gasteiger partial charge in [0.1, 0.15) is 5.52 Å². The molecular formula is C14H11N3O2. The van der Waals surface area contributed by atoms with Gasteiger partial charge >= 0.3 is 12.0 Å². The summed E-state index contributed by atoms with van der Waals surface area (Å²) in [6.45, 7) is 0. The first-order valence-corrected chi connectivity index (χ1v) is 5.80. The van der Waals surface area contributed by atoms with Crippen LogP contribution >= 0.6 is 0 Å². The van der Waals surface area contributed by atoms with E-state index in [-0.39, 0.29) is 6.01 Å². The topological polar surface area (TPSA) is 67.2 Å². The summed E-state index contributed by atoms with van der Waals surface area (Å²) < 4.78 is 5.39. The molecule has 2 aromatic carbocycles. The van der Waals surface area contributed by atoms with Crippen LogP contribution < -0.4 is 10.6 Å². The minimum absolute atomic E-state index is 0.176. The average Bonchev–Trinajstić information content (AvgIpc) is 2.81. The Bertz CT molecular complexity index is 674. The van der Waals surface area contributed by atoms with Crippen molar-refractivity contribution in [2.75, 3.05) is 10.6 Å². The van der Waals surface area contributed by atoms with E-state index in [0.717, 1.165) is 0 Å². The maximum Gasteiger partial charge on any atom is 0.327 e. The van der Waals surface area contributed by atoms with Crippen LogP contribution in [-0.2, 0) is 0 Å². The number of para-hydroxylation sites is 3. The van der Waals surface area contributed by atoms with Gasteiger partial charge in [0, 0.05) is 5.69 Å². The Morgan fingerprint density at radius 1 is 0.947 bits per heavy atom. The molecule has 0 spiro atoms. The van der Waals surface area contributed by atoms with Crippen molar-refractivity contribution in [1.29, 1.82) is 0 Å². The maximum atomic E-state index is 11.7. The molecule has 1 heterocycles. The Morgan fingerprint density at radius 2 is 1.68 bits per heavy atom. The number of amides is 2. The number of nitrogens with zero attached hydrogens (tertiary/aromatic N) is 1. The average molecular weight is 253 g/mol. The quantitative estimate of drug-likeness (QED) is 0.734. The van der Waals surface area contributed by atoms with Gasteiger partial charge in [-0.05, 0) is 24.3 Å². The fraction of sp³-hybridized carbons (Fsp3) is 0. The molecule has 0 bridgehead atoms. The summed E-state index contributed by atoms with van der Waals surface area (Å²) in [5.74, 6) is 0. The molecular weight excluding hydrogens is 242 g/mol. The van der Waals surface area contributed by atoms with Gasteiger partial charge in [0.2, 0.25) is 0 Å². The fourth-order valence-corrected chi connectivity index (χ4v) is 1.71. The molecule has 0 atom stereocenters. The van der Waals surface area contributed by atoms with Crippen LogP contribution in [0.15, 0.2) is 59.0 Å². The molecule has 3 aromatic rings. The van der Waals surface area contributed by atoms with Crippen LogP contribution in [0.5, 0.6) is 0 Å². The number of aromatic nitrogens is 1. The minimum atomic E-state index is -0.391. The van der Waals surface area contributed by atoms with Crippen LogP contribution in [0.1, 0.15) is 0 Å². The van der Waals surface area contributed by atoms with E-state index < -0.39 is 6.03 Å². The lowest BCUT2D eigenvalue weighted by molar-refractivity contribution is 0.261. The van der Waals surface area contributed by atoms with Gasteiger partial charge in [0.05, 0.1) is 0 Å². The highest BCUT2D eigenvalue weighted by atomic mass is 16.4. The van der Waals surface area contributed by atoms with E-state index in [1.54, 1.807) is 18.2 Å². The SMILES string of the molecule is O=C(Nc1ccccc1)Nc1nc2ccccc2o1. The lowest BCUT2D eigenvalue weighted by atomic mass is 10.3. The van der Waals surface area contributed by atoms with Crippen molar-refractivity contribution in [2.45, 2.75) is 0 Å². The number of anilines is 2. The summed E-state index contributed by atoms with van der Waals surface area (Å²) in [6, 6.07) is 16.3. The Labute approximate surface area is 109 Å². The Kier molecular flexibility index (Phi) is 2.86. The van der Waals surface area contributed by atoms with Crippen LogP contribution in [-0.4, -0.2) is 11.0 Å². The van der Waals surface area contributed by atoms with Crippen LogP contribution in [0, 0.1) is 0 Å². The Hall–Kier alpha value is -2.82. The van der Waals surface area contributed by atoms with Gasteiger partial charge in [0.25, 0.3) is 0 Å². The van der Waals surface area contributed by atoms with E-state index in [1.165, 1.54) is 0 Å². The first-order valence-electron chi connectivity index (χ1n) is 5.80. The van der Waals surface area contributed by atoms with Crippen molar-refractivity contribution in [2.24, 2.45) is 0 Å². The normalized spacial score (nSPS) is 10.3. The molecule has 0 radical (unpaired) electrons. The second kappa shape index (κ2) is 4.81. The van der Waals surface area contributed by atoms with Crippen molar-refractivity contribution in [3.63, 3.8) is 0 Å². The van der Waals surface area contributed by atoms with Crippen molar-refractivity contribution in [1.82, 2.24) is 4.98 Å². The van der Waals surface area contributed by atoms with Gasteiger partial charge < -0.3 is 9.73 Å². The zero-order valence-corrected chi connectivity index (χ0v) is 9.96. The molecule has 0 saturated carbocycles. The number of carbonyl (C=O) groups excluding carboxylic acids is 1. The molecule has 1 aromatic heterocycles. The highest BCUT2D eigenvalue weighted by Crippen LogP contribution is 2.18. The molecule has 0 aliphatic rings. The third kappa shape index (κ3) is 2.55. The lowest BCUT2D eigenvalue weighted by Crippen LogP contribution is -2.19. The third-order valence-corrected chi connectivity index (χ3v) is 2.55. The summed E-state index contributed by atoms with van der Waals surface area (Å²) in [5.41, 5.74) is 2.05. The molecule has 0 saturated heterocycles. The molecule has 2 N–H and O–H groups in total. The Morgan fingerprint density at radius 3 is 2.47 bits per heavy atom. The molecule has 5 nitrogen and oxygen atoms in total. The zero-order chi connectivity index (χ0) is 13.1. The molecule has 0 aliphatic carbocycles. The third-order valence-electron chi connectivity index (χ3n) is 2.55. The maximum absolute atomic E-state index is 11.7. The van der Waals surface area contributed by atoms with Gasteiger partial charge in [0.15, 0.2) is 5.58 Å². The van der Waals surface area contributed by atoms with Gasteiger partial charge in [-0.2, -0.15) is 4.98 Å². The van der Waals surface area contributed by atoms with Crippen LogP contribution in [0.25, 0.3) is 11.1 Å². The lowest BCUT2D eigenvalue weighted by Gasteiger charge is -2.03. The van der Waals surface area contributed by atoms with E-state index in [2.05, 4.69) is 15.6 Å². The molecule has 0 fully saturated rings. The minimum Gasteiger partial charge on any atom is -0.423 e. The molecule has 3 rings (SSSR count). The summed E-state index contributed by atoms with van der Waals surface area (Å²) in [7, 11) is 0. The van der Waals surface area contributed by atoms with E-state index >= 15 is 0 Å². The smallest absolute Gasteiger partial charge is 0.327 e. The van der Waals surface area contributed by atoms with E-state index in [9.17, 15) is 4.79 Å². The highest BCUT2D eigenvalue weighted by molar-refractivity contribution is 5.98. The number of nitrogens with one attached hydrogen (secondary N) is 2. The summed E-state index contributed by atoms with van der Waals surface area (Å²) in [6.07, 6.45) is 0. The fourth-order valence-electron chi connectivity index (χ4n) is 1.71. The largest absolute Gasteiger partial charge is 0.423 e. The summed E-state index contributed by atoms with van der Waals surface area (Å²) >= 11 is 0. The molecule has 94 valence electrons. The number of rotatable bonds is 2. The van der Waals surface area contributed by atoms with Crippen molar-refractivity contribution >= 4 is 28.8 Å². The van der Waals surface area contributed by atoms with Crippen LogP contribution in [0.3, 0.4) is 0 Å². The summed E-state index contributed by atoms with van der Waals surface area (Å²) in [5, 5.41) is 5.24. The molecule has 2 amide bonds. The highest BCUT2D eigenvalue weighted by Gasteiger charge is 2.08. The number of oxazole rings is 1. The second-order valence-corrected chi connectivity index (χ2v) is 3.93. The second-order valence-electron chi connectivity index (χ2n) is 3.93. The predicted octanol–water partition coefficient (Wildman–Crippen LogP) is 3.47. The number of hydrogen-bond donors (Lipinski definition) is 2. The molecule has 0 aliphatic heterocycles. The van der Waals surface area contributed by atoms with Crippen molar-refractivity contribution in [3.05, 3.63) is 54.6 Å². The van der Waals surface area contributed by atoms with Crippen molar-refractivity contribution in [3.8, 4) is 0 Å². The van der Waals surface area contributed by atoms with Gasteiger partial charge in [-0.25, -0.2) is 4.79 Å². The Balaban J connectivity index is 1.72. The number of fused-ring (bicyclic) bond motifs is 1. The van der Waals surface area contributed by atoms with E-state index in [4.69, 9.17) is 4.42 Å². The monoisotopic (exact) mass is 253 g/mol. The number of hydrogen-bond acceptors (Lipinski definition) is 3. The van der Waals surface area contributed by atoms with Crippen LogP contribution in [0.2, 0.25) is 0 Å². The first-order chi connectivity index (χ1) is 9.31. The van der Waals surface area contributed by atoms with E-state index in [0.29, 0.717) is 16.8 Å².